The Morgan fingerprint density at radius 1 is 0.642 bits per heavy atom. The Morgan fingerprint density at radius 2 is 1.07 bits per heavy atom. The number of hydrogen-bond acceptors (Lipinski definition) is 9. The number of carbonyl (C=O) groups is 2. The molecule has 0 amide bonds. The molecular formula is C46H39BrCl2F6N6O6. The average Bonchev–Trinajstić information content (AvgIpc) is 3.91. The number of aromatic hydroxyl groups is 1. The highest BCUT2D eigenvalue weighted by molar-refractivity contribution is 9.09. The number of phenolic OH excluding ortho intramolecular Hbond substituents is 1. The van der Waals surface area contributed by atoms with Gasteiger partial charge < -0.3 is 19.7 Å². The van der Waals surface area contributed by atoms with Gasteiger partial charge in [0, 0.05) is 15.6 Å². The summed E-state index contributed by atoms with van der Waals surface area (Å²) in [6.45, 7) is 1.81. The quantitative estimate of drug-likeness (QED) is 0.0811. The molecule has 352 valence electrons. The molecule has 0 saturated heterocycles. The second-order valence-corrected chi connectivity index (χ2v) is 15.2. The van der Waals surface area contributed by atoms with Crippen molar-refractivity contribution in [3.05, 3.63) is 166 Å². The predicted molar refractivity (Wildman–Crippen MR) is 245 cm³/mol. The Hall–Kier alpha value is -6.70. The number of hydrogen-bond donors (Lipinski definition) is 2. The largest absolute Gasteiger partial charge is 0.506 e. The maximum absolute atomic E-state index is 13.1. The van der Waals surface area contributed by atoms with E-state index in [2.05, 4.69) is 36.3 Å². The number of ether oxygens (including phenoxy) is 2. The molecule has 0 aliphatic heterocycles. The van der Waals surface area contributed by atoms with Crippen LogP contribution in [0.4, 0.5) is 26.3 Å². The first-order chi connectivity index (χ1) is 30.8. The minimum Gasteiger partial charge on any atom is -0.506 e. The predicted octanol–water partition coefficient (Wildman–Crippen LogP) is 13.1. The van der Waals surface area contributed by atoms with Crippen LogP contribution in [0.1, 0.15) is 55.0 Å². The zero-order chi connectivity index (χ0) is 47.1. The van der Waals surface area contributed by atoms with Crippen LogP contribution in [0, 0.1) is 0 Å². The summed E-state index contributed by atoms with van der Waals surface area (Å²) in [4.78, 5) is 24.9. The average molecular weight is 1040 g/mol. The van der Waals surface area contributed by atoms with Gasteiger partial charge in [-0.05, 0) is 91.3 Å². The number of fused-ring (bicyclic) bond motifs is 2. The van der Waals surface area contributed by atoms with Crippen molar-refractivity contribution in [2.45, 2.75) is 45.1 Å². The van der Waals surface area contributed by atoms with Crippen molar-refractivity contribution in [3.8, 4) is 22.9 Å². The van der Waals surface area contributed by atoms with E-state index < -0.39 is 46.3 Å². The van der Waals surface area contributed by atoms with Gasteiger partial charge in [-0.2, -0.15) is 26.3 Å². The monoisotopic (exact) mass is 1030 g/mol. The lowest BCUT2D eigenvalue weighted by atomic mass is 10.1. The fourth-order valence-electron chi connectivity index (χ4n) is 5.83. The highest BCUT2D eigenvalue weighted by Crippen LogP contribution is 2.35. The lowest BCUT2D eigenvalue weighted by Crippen LogP contribution is -2.20. The summed E-state index contributed by atoms with van der Waals surface area (Å²) in [6.07, 6.45) is -10.7. The number of esters is 1. The van der Waals surface area contributed by atoms with Gasteiger partial charge >= 0.3 is 24.3 Å². The molecule has 0 aliphatic rings. The van der Waals surface area contributed by atoms with Gasteiger partial charge in [-0.1, -0.05) is 109 Å². The van der Waals surface area contributed by atoms with E-state index in [0.29, 0.717) is 26.8 Å². The van der Waals surface area contributed by atoms with Gasteiger partial charge in [0.15, 0.2) is 0 Å². The van der Waals surface area contributed by atoms with Gasteiger partial charge in [-0.25, -0.2) is 4.79 Å². The summed E-state index contributed by atoms with van der Waals surface area (Å²) < 4.78 is 86.9. The molecule has 2 N–H and O–H groups in total. The molecule has 0 spiro atoms. The maximum Gasteiger partial charge on any atom is 0.416 e. The van der Waals surface area contributed by atoms with Crippen LogP contribution >= 0.6 is 39.1 Å². The van der Waals surface area contributed by atoms with Crippen molar-refractivity contribution < 1.29 is 55.6 Å². The molecule has 0 bridgehead atoms. The zero-order valence-corrected chi connectivity index (χ0v) is 36.3. The van der Waals surface area contributed by atoms with Gasteiger partial charge in [0.1, 0.15) is 49.8 Å². The number of aromatic nitrogens is 6. The van der Waals surface area contributed by atoms with Gasteiger partial charge in [0.25, 0.3) is 0 Å². The molecule has 2 aromatic heterocycles. The van der Waals surface area contributed by atoms with Crippen LogP contribution in [0.25, 0.3) is 33.4 Å². The molecule has 0 saturated carbocycles. The Labute approximate surface area is 397 Å². The Balaban J connectivity index is 0.000000233. The number of rotatable bonds is 9. The maximum atomic E-state index is 13.1. The summed E-state index contributed by atoms with van der Waals surface area (Å²) in [5.74, 6) is -1.94. The van der Waals surface area contributed by atoms with Crippen LogP contribution in [-0.4, -0.2) is 58.7 Å². The van der Waals surface area contributed by atoms with Gasteiger partial charge in [-0.3, -0.25) is 4.79 Å². The molecule has 8 aromatic rings. The second-order valence-electron chi connectivity index (χ2n) is 13.4. The van der Waals surface area contributed by atoms with E-state index >= 15 is 0 Å². The highest BCUT2D eigenvalue weighted by Gasteiger charge is 2.33. The molecule has 12 nitrogen and oxygen atoms in total. The molecule has 67 heavy (non-hydrogen) atoms. The first-order valence-electron chi connectivity index (χ1n) is 18.8. The van der Waals surface area contributed by atoms with E-state index in [-0.39, 0.29) is 49.8 Å². The van der Waals surface area contributed by atoms with E-state index in [4.69, 9.17) is 32.7 Å². The number of benzene rings is 6. The normalized spacial score (nSPS) is 12.0. The fraction of sp³-hybridized carbons (Fsp3) is 0.174. The Kier molecular flexibility index (Phi) is 17.9. The number of carboxylic acid groups (broad SMARTS) is 1. The van der Waals surface area contributed by atoms with Gasteiger partial charge in [0.2, 0.25) is 6.10 Å². The third-order valence-electron chi connectivity index (χ3n) is 8.85. The lowest BCUT2D eigenvalue weighted by molar-refractivity contribution is -0.146. The molecular weight excluding hydrogens is 997 g/mol. The first-order valence-corrected chi connectivity index (χ1v) is 20.5. The van der Waals surface area contributed by atoms with Crippen molar-refractivity contribution >= 4 is 73.1 Å². The van der Waals surface area contributed by atoms with E-state index in [1.54, 1.807) is 43.3 Å². The highest BCUT2D eigenvalue weighted by atomic mass is 79.9. The number of carboxylic acids is 1. The molecule has 6 aromatic carbocycles. The van der Waals surface area contributed by atoms with E-state index in [0.717, 1.165) is 41.4 Å². The third-order valence-corrected chi connectivity index (χ3v) is 10.2. The lowest BCUT2D eigenvalue weighted by Gasteiger charge is -2.19. The molecule has 2 heterocycles. The van der Waals surface area contributed by atoms with Gasteiger partial charge in [-0.15, -0.1) is 30.0 Å². The van der Waals surface area contributed by atoms with Crippen LogP contribution in [0.2, 0.25) is 10.0 Å². The minimum atomic E-state index is -4.62. The Bertz CT molecular complexity index is 2900. The van der Waals surface area contributed by atoms with Crippen molar-refractivity contribution in [1.82, 2.24) is 30.0 Å². The van der Waals surface area contributed by atoms with E-state index in [1.807, 2.05) is 24.3 Å². The topological polar surface area (TPSA) is 154 Å². The van der Waals surface area contributed by atoms with Crippen molar-refractivity contribution in [3.63, 3.8) is 0 Å². The third kappa shape index (κ3) is 13.5. The van der Waals surface area contributed by atoms with E-state index in [1.165, 1.54) is 52.1 Å². The number of aliphatic carboxylic acids is 1. The van der Waals surface area contributed by atoms with Crippen molar-refractivity contribution in [2.75, 3.05) is 6.61 Å². The fourth-order valence-corrected chi connectivity index (χ4v) is 6.58. The van der Waals surface area contributed by atoms with Crippen LogP contribution in [0.5, 0.6) is 11.5 Å². The molecule has 8 rings (SSSR count). The Morgan fingerprint density at radius 3 is 1.54 bits per heavy atom. The molecule has 0 aliphatic carbocycles. The smallest absolute Gasteiger partial charge is 0.416 e. The SMILES string of the molecule is C.C.CCOC(=O)C(Br)c1cccc(C(F)(F)F)c1.O=C(O)C(Oc1ccc(Cl)cc1-n1nc2ccccc2n1)c1cccc(C(F)(F)F)c1.Oc1ccc(Cl)cc1-n1nc2ccccc2n1. The van der Waals surface area contributed by atoms with Crippen molar-refractivity contribution in [1.29, 1.82) is 0 Å². The first kappa shape index (κ1) is 52.9. The zero-order valence-electron chi connectivity index (χ0n) is 33.2. The summed E-state index contributed by atoms with van der Waals surface area (Å²) >= 11 is 15.0. The van der Waals surface area contributed by atoms with Gasteiger partial charge in [0.05, 0.1) is 17.7 Å². The van der Waals surface area contributed by atoms with Crippen LogP contribution < -0.4 is 4.74 Å². The molecule has 2 unspecified atom stereocenters. The summed E-state index contributed by atoms with van der Waals surface area (Å²) in [7, 11) is 0. The number of phenols is 1. The van der Waals surface area contributed by atoms with Crippen LogP contribution in [0.15, 0.2) is 133 Å². The number of carbonyl (C=O) groups excluding carboxylic acids is 1. The van der Waals surface area contributed by atoms with E-state index in [9.17, 15) is 46.1 Å². The molecule has 2 atom stereocenters. The van der Waals surface area contributed by atoms with Crippen LogP contribution in [-0.2, 0) is 26.7 Å². The summed E-state index contributed by atoms with van der Waals surface area (Å²) in [6, 6.07) is 32.2. The summed E-state index contributed by atoms with van der Waals surface area (Å²) in [5.41, 5.74) is 1.71. The molecule has 0 fully saturated rings. The number of nitrogens with zero attached hydrogens (tertiary/aromatic N) is 6. The minimum absolute atomic E-state index is 0. The molecule has 0 radical (unpaired) electrons. The number of alkyl halides is 7. The number of halogens is 9. The summed E-state index contributed by atoms with van der Waals surface area (Å²) in [5, 5.41) is 37.4. The van der Waals surface area contributed by atoms with Crippen LogP contribution in [0.3, 0.4) is 0 Å². The molecule has 21 heteroatoms. The standard InChI is InChI=1S/C21H13ClF3N3O3.C12H8ClN3O.C11H10BrF3O2.2CH4/c22-14-8-9-18(17(11-14)28-26-15-6-1-2-7-16(15)27-28)31-19(20(29)30)12-4-3-5-13(10-12)21(23,24)25;13-8-5-6-12(17)11(7-8)16-14-9-3-1-2-4-10(9)15-16;1-2-17-10(16)9(12)7-4-3-5-8(6-7)11(13,14)15;;/h1-11,19H,(H,29,30);1-7,17H;3-6,9H,2H2,1H3;2*1H4. The van der Waals surface area contributed by atoms with Crippen molar-refractivity contribution in [2.24, 2.45) is 0 Å². The second kappa shape index (κ2) is 22.7.